The summed E-state index contributed by atoms with van der Waals surface area (Å²) in [7, 11) is 2.94. The summed E-state index contributed by atoms with van der Waals surface area (Å²) in [6.07, 6.45) is -14.5. The molecular formula is C25H42N4O14. The summed E-state index contributed by atoms with van der Waals surface area (Å²) in [6, 6.07) is -3.21. The van der Waals surface area contributed by atoms with Crippen LogP contribution in [0.4, 0.5) is 0 Å². The number of aliphatic hydroxyl groups excluding tert-OH is 6. The first kappa shape index (κ1) is 33.7. The summed E-state index contributed by atoms with van der Waals surface area (Å²) in [4.78, 5) is 28.3. The SMILES string of the molecule is CNC1=NC2C(O)C(OC3OC(CO)C(OC4OC(COC)C(O)C(O)C4NC(C)=O)C(O)C3NC(C)=O)C(CO)C2O1. The van der Waals surface area contributed by atoms with Gasteiger partial charge in [0.2, 0.25) is 11.8 Å². The average molecular weight is 623 g/mol. The van der Waals surface area contributed by atoms with Crippen LogP contribution in [-0.4, -0.2) is 168 Å². The number of hydrogen-bond donors (Lipinski definition) is 9. The first-order valence-corrected chi connectivity index (χ1v) is 14.0. The fourth-order valence-corrected chi connectivity index (χ4v) is 5.98. The highest BCUT2D eigenvalue weighted by molar-refractivity contribution is 5.75. The molecule has 18 heteroatoms. The second-order valence-electron chi connectivity index (χ2n) is 10.9. The predicted molar refractivity (Wildman–Crippen MR) is 141 cm³/mol. The molecule has 0 aromatic rings. The maximum Gasteiger partial charge on any atom is 0.285 e. The highest BCUT2D eigenvalue weighted by Gasteiger charge is 2.58. The van der Waals surface area contributed by atoms with Gasteiger partial charge in [0.15, 0.2) is 12.6 Å². The molecule has 43 heavy (non-hydrogen) atoms. The van der Waals surface area contributed by atoms with Gasteiger partial charge in [-0.3, -0.25) is 9.59 Å². The average Bonchev–Trinajstić information content (AvgIpc) is 3.49. The number of carbonyl (C=O) groups excluding carboxylic acids is 2. The third-order valence-corrected chi connectivity index (χ3v) is 8.01. The Balaban J connectivity index is 1.57. The van der Waals surface area contributed by atoms with Crippen LogP contribution in [0.2, 0.25) is 0 Å². The van der Waals surface area contributed by atoms with Gasteiger partial charge in [0.25, 0.3) is 6.02 Å². The molecule has 3 fully saturated rings. The standard InChI is InChI=1S/C25H42N4O14/c1-8(32)27-14-17(35)16(34)12(7-38-4)40-23(14)42-22-11(6-31)39-24(15(19(22)37)28-9(2)33)41-21-10(5-30)20-13(18(21)36)29-25(26-3)43-20/h10-24,30-31,34-37H,5-7H2,1-4H3,(H,26,29)(H,27,32)(H,28,33). The molecule has 15 unspecified atom stereocenters. The first-order valence-electron chi connectivity index (χ1n) is 14.0. The van der Waals surface area contributed by atoms with Gasteiger partial charge in [-0.2, -0.15) is 0 Å². The van der Waals surface area contributed by atoms with Crippen molar-refractivity contribution in [2.45, 2.75) is 99.5 Å². The first-order chi connectivity index (χ1) is 20.4. The number of aliphatic imine (C=N–C) groups is 1. The van der Waals surface area contributed by atoms with Crippen LogP contribution in [0.15, 0.2) is 4.99 Å². The molecule has 2 amide bonds. The Morgan fingerprint density at radius 1 is 0.837 bits per heavy atom. The van der Waals surface area contributed by atoms with Crippen molar-refractivity contribution < 1.29 is 68.6 Å². The molecule has 18 nitrogen and oxygen atoms in total. The number of ether oxygens (including phenoxy) is 6. The molecule has 1 aliphatic carbocycles. The Bertz CT molecular complexity index is 1010. The van der Waals surface area contributed by atoms with E-state index >= 15 is 0 Å². The molecule has 246 valence electrons. The fraction of sp³-hybridized carbons (Fsp3) is 0.880. The normalized spacial score (nSPS) is 44.2. The second-order valence-corrected chi connectivity index (χ2v) is 10.9. The van der Waals surface area contributed by atoms with Gasteiger partial charge < -0.3 is 75.0 Å². The quantitative estimate of drug-likeness (QED) is 0.110. The Labute approximate surface area is 247 Å². The highest BCUT2D eigenvalue weighted by Crippen LogP contribution is 2.39. The molecular weight excluding hydrogens is 580 g/mol. The number of amides is 2. The third kappa shape index (κ3) is 6.89. The van der Waals surface area contributed by atoms with Crippen molar-refractivity contribution >= 4 is 17.8 Å². The topological polar surface area (TPSA) is 259 Å². The summed E-state index contributed by atoms with van der Waals surface area (Å²) < 4.78 is 34.5. The number of nitrogens with zero attached hydrogens (tertiary/aromatic N) is 1. The molecule has 3 aliphatic heterocycles. The van der Waals surface area contributed by atoms with E-state index in [4.69, 9.17) is 28.4 Å². The number of fused-ring (bicyclic) bond motifs is 1. The summed E-state index contributed by atoms with van der Waals surface area (Å²) >= 11 is 0. The Kier molecular flexibility index (Phi) is 11.2. The van der Waals surface area contributed by atoms with E-state index in [1.165, 1.54) is 21.0 Å². The molecule has 3 heterocycles. The van der Waals surface area contributed by atoms with E-state index < -0.39 is 117 Å². The summed E-state index contributed by atoms with van der Waals surface area (Å²) in [5.41, 5.74) is 0. The van der Waals surface area contributed by atoms with Crippen molar-refractivity contribution in [3.63, 3.8) is 0 Å². The van der Waals surface area contributed by atoms with Gasteiger partial charge in [0, 0.05) is 28.0 Å². The van der Waals surface area contributed by atoms with Gasteiger partial charge in [0.05, 0.1) is 31.8 Å². The van der Waals surface area contributed by atoms with Gasteiger partial charge >= 0.3 is 0 Å². The van der Waals surface area contributed by atoms with Crippen LogP contribution in [0.3, 0.4) is 0 Å². The zero-order valence-electron chi connectivity index (χ0n) is 24.2. The van der Waals surface area contributed by atoms with Gasteiger partial charge in [-0.05, 0) is 0 Å². The van der Waals surface area contributed by atoms with Crippen molar-refractivity contribution in [2.75, 3.05) is 34.0 Å². The van der Waals surface area contributed by atoms with E-state index in [1.807, 2.05) is 0 Å². The third-order valence-electron chi connectivity index (χ3n) is 8.01. The van der Waals surface area contributed by atoms with Crippen molar-refractivity contribution in [3.8, 4) is 0 Å². The number of amidine groups is 1. The monoisotopic (exact) mass is 622 g/mol. The largest absolute Gasteiger partial charge is 0.459 e. The van der Waals surface area contributed by atoms with Crippen LogP contribution < -0.4 is 16.0 Å². The molecule has 0 spiro atoms. The smallest absolute Gasteiger partial charge is 0.285 e. The molecule has 4 aliphatic rings. The van der Waals surface area contributed by atoms with Crippen molar-refractivity contribution in [1.82, 2.24) is 16.0 Å². The van der Waals surface area contributed by atoms with E-state index in [0.717, 1.165) is 0 Å². The molecule has 2 saturated heterocycles. The summed E-state index contributed by atoms with van der Waals surface area (Å²) in [6.45, 7) is 1.05. The lowest BCUT2D eigenvalue weighted by atomic mass is 9.94. The van der Waals surface area contributed by atoms with Crippen molar-refractivity contribution in [1.29, 1.82) is 0 Å². The molecule has 0 aromatic carbocycles. The molecule has 0 aromatic heterocycles. The lowest BCUT2D eigenvalue weighted by Gasteiger charge is -2.48. The van der Waals surface area contributed by atoms with Gasteiger partial charge in [-0.15, -0.1) is 0 Å². The molecule has 1 saturated carbocycles. The van der Waals surface area contributed by atoms with Gasteiger partial charge in [-0.1, -0.05) is 0 Å². The van der Waals surface area contributed by atoms with Crippen LogP contribution in [0.25, 0.3) is 0 Å². The predicted octanol–water partition coefficient (Wildman–Crippen LogP) is -5.74. The fourth-order valence-electron chi connectivity index (χ4n) is 5.98. The minimum atomic E-state index is -1.64. The van der Waals surface area contributed by atoms with Crippen molar-refractivity contribution in [3.05, 3.63) is 0 Å². The molecule has 15 atom stereocenters. The van der Waals surface area contributed by atoms with E-state index in [0.29, 0.717) is 0 Å². The van der Waals surface area contributed by atoms with Crippen LogP contribution in [-0.2, 0) is 38.0 Å². The number of rotatable bonds is 10. The highest BCUT2D eigenvalue weighted by atomic mass is 16.7. The van der Waals surface area contributed by atoms with Gasteiger partial charge in [-0.25, -0.2) is 4.99 Å². The van der Waals surface area contributed by atoms with E-state index in [1.54, 1.807) is 7.05 Å². The molecule has 9 N–H and O–H groups in total. The van der Waals surface area contributed by atoms with Gasteiger partial charge in [0.1, 0.15) is 67.0 Å². The molecule has 0 bridgehead atoms. The number of carbonyl (C=O) groups is 2. The van der Waals surface area contributed by atoms with E-state index in [9.17, 15) is 40.2 Å². The van der Waals surface area contributed by atoms with E-state index in [-0.39, 0.29) is 12.6 Å². The lowest BCUT2D eigenvalue weighted by molar-refractivity contribution is -0.339. The lowest BCUT2D eigenvalue weighted by Crippen LogP contribution is -2.69. The summed E-state index contributed by atoms with van der Waals surface area (Å²) in [5.74, 6) is -1.93. The Morgan fingerprint density at radius 3 is 1.95 bits per heavy atom. The second kappa shape index (κ2) is 14.2. The van der Waals surface area contributed by atoms with E-state index in [2.05, 4.69) is 20.9 Å². The number of methoxy groups -OCH3 is 1. The zero-order chi connectivity index (χ0) is 31.6. The zero-order valence-corrected chi connectivity index (χ0v) is 24.2. The van der Waals surface area contributed by atoms with Crippen LogP contribution in [0.5, 0.6) is 0 Å². The minimum Gasteiger partial charge on any atom is -0.459 e. The Hall–Kier alpha value is -2.23. The maximum absolute atomic E-state index is 12.2. The maximum atomic E-state index is 12.2. The van der Waals surface area contributed by atoms with Crippen LogP contribution >= 0.6 is 0 Å². The number of hydrogen-bond acceptors (Lipinski definition) is 16. The number of aliphatic hydroxyl groups is 6. The minimum absolute atomic E-state index is 0.149. The van der Waals surface area contributed by atoms with Crippen LogP contribution in [0, 0.1) is 5.92 Å². The Morgan fingerprint density at radius 2 is 1.42 bits per heavy atom. The van der Waals surface area contributed by atoms with Crippen LogP contribution in [0.1, 0.15) is 13.8 Å². The number of nitrogens with one attached hydrogen (secondary N) is 3. The molecule has 0 radical (unpaired) electrons. The molecule has 4 rings (SSSR count). The van der Waals surface area contributed by atoms with Crippen molar-refractivity contribution in [2.24, 2.45) is 10.9 Å². The summed E-state index contributed by atoms with van der Waals surface area (Å²) in [5, 5.41) is 71.8.